The molecule has 1 aromatic heterocycles. The van der Waals surface area contributed by atoms with Crippen molar-refractivity contribution in [3.05, 3.63) is 7.69 Å². The summed E-state index contributed by atoms with van der Waals surface area (Å²) in [5, 5.41) is 17.5. The lowest BCUT2D eigenvalue weighted by atomic mass is 10.2. The Hall–Kier alpha value is -1.01. The third-order valence-electron chi connectivity index (χ3n) is 1.56. The predicted molar refractivity (Wildman–Crippen MR) is 65.0 cm³/mol. The Morgan fingerprint density at radius 1 is 1.19 bits per heavy atom. The number of hydrogen-bond acceptors (Lipinski definition) is 6. The Labute approximate surface area is 101 Å². The molecule has 0 aliphatic heterocycles. The van der Waals surface area contributed by atoms with E-state index in [1.807, 2.05) is 0 Å². The van der Waals surface area contributed by atoms with E-state index in [1.54, 1.807) is 27.7 Å². The van der Waals surface area contributed by atoms with Gasteiger partial charge in [-0.15, -0.1) is 22.7 Å². The Bertz CT molecular complexity index is 479. The van der Waals surface area contributed by atoms with Gasteiger partial charge < -0.3 is 14.9 Å². The zero-order chi connectivity index (χ0) is 12.5. The number of hydrogen-bond donors (Lipinski definition) is 2. The zero-order valence-electron chi connectivity index (χ0n) is 9.53. The van der Waals surface area contributed by atoms with E-state index in [0.29, 0.717) is 9.42 Å². The summed E-state index contributed by atoms with van der Waals surface area (Å²) in [6.07, 6.45) is 0. The highest BCUT2D eigenvalue weighted by molar-refractivity contribution is 7.36. The first-order valence-corrected chi connectivity index (χ1v) is 6.26. The molecule has 0 unspecified atom stereocenters. The van der Waals surface area contributed by atoms with E-state index >= 15 is 0 Å². The fourth-order valence-corrected chi connectivity index (χ4v) is 2.62. The summed E-state index contributed by atoms with van der Waals surface area (Å²) in [4.78, 5) is 11.6. The third kappa shape index (κ3) is 3.24. The van der Waals surface area contributed by atoms with Crippen molar-refractivity contribution < 1.29 is 19.7 Å². The summed E-state index contributed by atoms with van der Waals surface area (Å²) >= 11 is 2.33. The second-order valence-corrected chi connectivity index (χ2v) is 6.79. The van der Waals surface area contributed by atoms with Gasteiger partial charge in [0.25, 0.3) is 0 Å². The molecule has 90 valence electrons. The lowest BCUT2D eigenvalue weighted by Gasteiger charge is -2.19. The average Bonchev–Trinajstić information content (AvgIpc) is 1.96. The number of carbonyl (C=O) groups is 1. The Balaban J connectivity index is 2.95. The fraction of sp³-hybridized carbons (Fsp3) is 0.500. The molecule has 0 aliphatic carbocycles. The molecule has 1 heterocycles. The van der Waals surface area contributed by atoms with E-state index < -0.39 is 11.5 Å². The van der Waals surface area contributed by atoms with Crippen LogP contribution >= 0.6 is 22.7 Å². The molecule has 0 fully saturated rings. The Morgan fingerprint density at radius 2 is 1.69 bits per heavy atom. The standard InChI is InChI=1S/C10H14O4S2/c1-5(7(13)14-10(2,3)4)8-15-9(16-8)6(11)12/h11-12H,1-4H3. The lowest BCUT2D eigenvalue weighted by Crippen LogP contribution is -2.27. The largest absolute Gasteiger partial charge is 0.479 e. The molecule has 4 nitrogen and oxygen atoms in total. The van der Waals surface area contributed by atoms with Gasteiger partial charge in [-0.05, 0) is 27.7 Å². The minimum absolute atomic E-state index is 0.376. The van der Waals surface area contributed by atoms with Crippen LogP contribution in [-0.2, 0) is 9.53 Å². The normalized spacial score (nSPS) is 11.2. The van der Waals surface area contributed by atoms with Crippen LogP contribution in [0.1, 0.15) is 27.7 Å². The van der Waals surface area contributed by atoms with Crippen LogP contribution in [0.4, 0.5) is 0 Å². The topological polar surface area (TPSA) is 66.8 Å². The van der Waals surface area contributed by atoms with Crippen LogP contribution in [0, 0.1) is 0 Å². The summed E-state index contributed by atoms with van der Waals surface area (Å²) in [6.45, 7) is 7.06. The van der Waals surface area contributed by atoms with Gasteiger partial charge in [-0.1, -0.05) is 0 Å². The van der Waals surface area contributed by atoms with Gasteiger partial charge in [-0.25, -0.2) is 4.79 Å². The molecule has 1 aromatic rings. The van der Waals surface area contributed by atoms with Crippen molar-refractivity contribution in [3.8, 4) is 0 Å². The molecule has 0 saturated heterocycles. The maximum Gasteiger partial charge on any atom is 0.336 e. The van der Waals surface area contributed by atoms with Gasteiger partial charge in [0.15, 0.2) is 3.85 Å². The number of rotatable bonds is 1. The highest BCUT2D eigenvalue weighted by Crippen LogP contribution is 2.11. The molecular formula is C10H14O4S2. The minimum Gasteiger partial charge on any atom is -0.479 e. The van der Waals surface area contributed by atoms with Crippen LogP contribution in [0.5, 0.6) is 0 Å². The van der Waals surface area contributed by atoms with Crippen LogP contribution in [0.15, 0.2) is 0 Å². The number of carbonyl (C=O) groups excluding carboxylic acids is 1. The smallest absolute Gasteiger partial charge is 0.336 e. The van der Waals surface area contributed by atoms with Crippen molar-refractivity contribution in [3.63, 3.8) is 0 Å². The quantitative estimate of drug-likeness (QED) is 0.753. The number of ether oxygens (including phenoxy) is 1. The van der Waals surface area contributed by atoms with Gasteiger partial charge in [0.2, 0.25) is 0 Å². The van der Waals surface area contributed by atoms with Gasteiger partial charge in [0, 0.05) is 0 Å². The Kier molecular flexibility index (Phi) is 3.64. The fourth-order valence-electron chi connectivity index (χ4n) is 0.858. The number of aliphatic hydroxyl groups excluding tert-OH is 1. The van der Waals surface area contributed by atoms with Gasteiger partial charge in [0.1, 0.15) is 5.60 Å². The zero-order valence-corrected chi connectivity index (χ0v) is 11.2. The van der Waals surface area contributed by atoms with Crippen LogP contribution in [0.25, 0.3) is 11.5 Å². The molecule has 0 bridgehead atoms. The highest BCUT2D eigenvalue weighted by Gasteiger charge is 2.18. The van der Waals surface area contributed by atoms with E-state index in [-0.39, 0.29) is 5.97 Å². The van der Waals surface area contributed by atoms with Crippen LogP contribution in [0.3, 0.4) is 0 Å². The van der Waals surface area contributed by atoms with Crippen LogP contribution in [0.2, 0.25) is 0 Å². The van der Waals surface area contributed by atoms with E-state index in [1.165, 1.54) is 22.7 Å². The maximum atomic E-state index is 11.6. The first-order valence-electron chi connectivity index (χ1n) is 4.63. The molecule has 0 spiro atoms. The third-order valence-corrected chi connectivity index (χ3v) is 4.28. The second kappa shape index (κ2) is 4.47. The number of esters is 1. The van der Waals surface area contributed by atoms with E-state index in [4.69, 9.17) is 14.9 Å². The molecule has 0 amide bonds. The molecule has 0 aliphatic rings. The molecule has 0 saturated carbocycles. The molecule has 16 heavy (non-hydrogen) atoms. The van der Waals surface area contributed by atoms with E-state index in [9.17, 15) is 4.79 Å². The van der Waals surface area contributed by atoms with Crippen molar-refractivity contribution in [2.24, 2.45) is 0 Å². The SMILES string of the molecule is CC(C(=O)OC(C)(C)C)=c1sc(=C(O)O)s1. The predicted octanol–water partition coefficient (Wildman–Crippen LogP) is 1.50. The first-order chi connectivity index (χ1) is 7.20. The summed E-state index contributed by atoms with van der Waals surface area (Å²) in [7, 11) is 0. The molecule has 0 atom stereocenters. The van der Waals surface area contributed by atoms with Gasteiger partial charge >= 0.3 is 11.9 Å². The highest BCUT2D eigenvalue weighted by atomic mass is 32.2. The van der Waals surface area contributed by atoms with E-state index in [2.05, 4.69) is 0 Å². The molecule has 6 heteroatoms. The molecule has 0 aromatic carbocycles. The molecular weight excluding hydrogens is 248 g/mol. The molecule has 0 radical (unpaired) electrons. The van der Waals surface area contributed by atoms with Crippen molar-refractivity contribution in [2.75, 3.05) is 0 Å². The van der Waals surface area contributed by atoms with Crippen molar-refractivity contribution in [2.45, 2.75) is 33.3 Å². The second-order valence-electron chi connectivity index (χ2n) is 4.23. The van der Waals surface area contributed by atoms with Gasteiger partial charge in [-0.3, -0.25) is 0 Å². The Morgan fingerprint density at radius 3 is 2.06 bits per heavy atom. The van der Waals surface area contributed by atoms with E-state index in [0.717, 1.165) is 3.85 Å². The number of aliphatic hydroxyl groups is 2. The summed E-state index contributed by atoms with van der Waals surface area (Å²) < 4.78 is 6.33. The minimum atomic E-state index is -0.698. The first kappa shape index (κ1) is 13.1. The maximum absolute atomic E-state index is 11.6. The lowest BCUT2D eigenvalue weighted by molar-refractivity contribution is -0.147. The van der Waals surface area contributed by atoms with Gasteiger partial charge in [-0.2, -0.15) is 0 Å². The van der Waals surface area contributed by atoms with Crippen molar-refractivity contribution in [1.29, 1.82) is 0 Å². The summed E-state index contributed by atoms with van der Waals surface area (Å²) in [5.41, 5.74) is -0.0228. The summed E-state index contributed by atoms with van der Waals surface area (Å²) in [6, 6.07) is 0. The molecule has 1 rings (SSSR count). The van der Waals surface area contributed by atoms with Crippen LogP contribution < -0.4 is 7.69 Å². The van der Waals surface area contributed by atoms with Crippen LogP contribution in [-0.4, -0.2) is 21.8 Å². The monoisotopic (exact) mass is 262 g/mol. The van der Waals surface area contributed by atoms with Crippen molar-refractivity contribution >= 4 is 40.2 Å². The average molecular weight is 262 g/mol. The summed E-state index contributed by atoms with van der Waals surface area (Å²) in [5.74, 6) is -1.07. The van der Waals surface area contributed by atoms with Crippen molar-refractivity contribution in [1.82, 2.24) is 0 Å². The van der Waals surface area contributed by atoms with Gasteiger partial charge in [0.05, 0.1) is 9.42 Å². The molecule has 2 N–H and O–H groups in total.